The lowest BCUT2D eigenvalue weighted by Gasteiger charge is -2.10. The Morgan fingerprint density at radius 1 is 1.17 bits per heavy atom. The van der Waals surface area contributed by atoms with Crippen molar-refractivity contribution < 1.29 is 14.5 Å². The van der Waals surface area contributed by atoms with Crippen molar-refractivity contribution in [3.8, 4) is 11.4 Å². The van der Waals surface area contributed by atoms with E-state index in [0.717, 1.165) is 19.3 Å². The van der Waals surface area contributed by atoms with Crippen molar-refractivity contribution in [1.29, 1.82) is 0 Å². The maximum atomic E-state index is 12.4. The highest BCUT2D eigenvalue weighted by atomic mass is 16.6. The number of fused-ring (bicyclic) bond motifs is 1. The number of carbonyl (C=O) groups is 1. The van der Waals surface area contributed by atoms with Crippen LogP contribution in [0.3, 0.4) is 0 Å². The van der Waals surface area contributed by atoms with Crippen LogP contribution in [0.2, 0.25) is 0 Å². The molecule has 1 aliphatic rings. The van der Waals surface area contributed by atoms with Crippen molar-refractivity contribution in [2.24, 2.45) is 0 Å². The second kappa shape index (κ2) is 7.75. The number of nitro groups is 1. The number of amides is 1. The molecule has 0 unspecified atom stereocenters. The Kier molecular flexibility index (Phi) is 4.99. The minimum atomic E-state index is -0.461. The van der Waals surface area contributed by atoms with E-state index in [0.29, 0.717) is 22.9 Å². The maximum absolute atomic E-state index is 12.4. The predicted molar refractivity (Wildman–Crippen MR) is 108 cm³/mol. The number of nitro benzene ring substituents is 1. The monoisotopic (exact) mass is 392 g/mol. The van der Waals surface area contributed by atoms with Crippen LogP contribution in [-0.4, -0.2) is 27.2 Å². The number of carbonyl (C=O) groups excluding carboxylic acids is 1. The fraction of sp³-hybridized carbons (Fsp3) is 0.238. The van der Waals surface area contributed by atoms with Gasteiger partial charge in [-0.2, -0.15) is 5.10 Å². The Bertz CT molecular complexity index is 1070. The number of non-ortho nitro benzene ring substituents is 1. The van der Waals surface area contributed by atoms with Crippen molar-refractivity contribution in [2.75, 3.05) is 11.9 Å². The van der Waals surface area contributed by atoms with E-state index in [1.165, 1.54) is 27.9 Å². The van der Waals surface area contributed by atoms with Gasteiger partial charge in [-0.05, 0) is 61.6 Å². The molecule has 0 aliphatic heterocycles. The number of hydrogen-bond acceptors (Lipinski definition) is 5. The van der Waals surface area contributed by atoms with E-state index in [1.807, 2.05) is 12.1 Å². The molecule has 0 saturated heterocycles. The average Bonchev–Trinajstić information content (AvgIpc) is 3.32. The van der Waals surface area contributed by atoms with Crippen molar-refractivity contribution in [1.82, 2.24) is 9.78 Å². The highest BCUT2D eigenvalue weighted by Crippen LogP contribution is 2.26. The van der Waals surface area contributed by atoms with Crippen LogP contribution in [0, 0.1) is 17.0 Å². The van der Waals surface area contributed by atoms with Gasteiger partial charge in [-0.3, -0.25) is 14.9 Å². The molecule has 1 amide bonds. The number of aryl methyl sites for hydroxylation is 3. The number of benzene rings is 2. The van der Waals surface area contributed by atoms with Crippen LogP contribution < -0.4 is 10.1 Å². The van der Waals surface area contributed by atoms with Gasteiger partial charge in [-0.15, -0.1) is 0 Å². The molecule has 0 spiro atoms. The standard InChI is InChI=1S/C21H20N4O4/c1-14-11-20(24(23-14)17-6-8-18(9-7-17)25(27)28)22-21(26)13-29-19-10-5-15-3-2-4-16(15)12-19/h5-12H,2-4,13H2,1H3,(H,22,26). The molecule has 0 fully saturated rings. The van der Waals surface area contributed by atoms with Crippen LogP contribution >= 0.6 is 0 Å². The molecule has 8 heteroatoms. The van der Waals surface area contributed by atoms with Crippen LogP contribution in [0.15, 0.2) is 48.5 Å². The zero-order chi connectivity index (χ0) is 20.4. The van der Waals surface area contributed by atoms with E-state index in [1.54, 1.807) is 25.1 Å². The smallest absolute Gasteiger partial charge is 0.269 e. The second-order valence-corrected chi connectivity index (χ2v) is 6.98. The first-order chi connectivity index (χ1) is 14.0. The molecule has 1 heterocycles. The summed E-state index contributed by atoms with van der Waals surface area (Å²) in [5.74, 6) is 0.841. The topological polar surface area (TPSA) is 99.3 Å². The number of rotatable bonds is 6. The molecular weight excluding hydrogens is 372 g/mol. The summed E-state index contributed by atoms with van der Waals surface area (Å²) in [7, 11) is 0. The molecule has 148 valence electrons. The van der Waals surface area contributed by atoms with Crippen LogP contribution in [0.1, 0.15) is 23.2 Å². The molecule has 0 saturated carbocycles. The average molecular weight is 392 g/mol. The number of ether oxygens (including phenoxy) is 1. The summed E-state index contributed by atoms with van der Waals surface area (Å²) in [6, 6.07) is 13.6. The van der Waals surface area contributed by atoms with Gasteiger partial charge in [0.2, 0.25) is 0 Å². The second-order valence-electron chi connectivity index (χ2n) is 6.98. The fourth-order valence-corrected chi connectivity index (χ4v) is 3.47. The molecule has 4 rings (SSSR count). The first-order valence-corrected chi connectivity index (χ1v) is 9.35. The number of aromatic nitrogens is 2. The van der Waals surface area contributed by atoms with E-state index in [2.05, 4.69) is 16.5 Å². The SMILES string of the molecule is Cc1cc(NC(=O)COc2ccc3c(c2)CCC3)n(-c2ccc([N+](=O)[O-])cc2)n1. The van der Waals surface area contributed by atoms with E-state index < -0.39 is 4.92 Å². The Balaban J connectivity index is 1.44. The quantitative estimate of drug-likeness (QED) is 0.510. The van der Waals surface area contributed by atoms with Crippen LogP contribution in [0.4, 0.5) is 11.5 Å². The molecule has 1 N–H and O–H groups in total. The zero-order valence-electron chi connectivity index (χ0n) is 15.9. The van der Waals surface area contributed by atoms with Gasteiger partial charge in [0.15, 0.2) is 6.61 Å². The highest BCUT2D eigenvalue weighted by Gasteiger charge is 2.14. The Labute approximate surface area is 167 Å². The number of nitrogens with zero attached hydrogens (tertiary/aromatic N) is 3. The Morgan fingerprint density at radius 3 is 2.69 bits per heavy atom. The summed E-state index contributed by atoms with van der Waals surface area (Å²) >= 11 is 0. The lowest BCUT2D eigenvalue weighted by atomic mass is 10.1. The summed E-state index contributed by atoms with van der Waals surface area (Å²) in [6.07, 6.45) is 3.31. The fourth-order valence-electron chi connectivity index (χ4n) is 3.47. The summed E-state index contributed by atoms with van der Waals surface area (Å²) in [5, 5.41) is 18.0. The van der Waals surface area contributed by atoms with Crippen LogP contribution in [0.25, 0.3) is 5.69 Å². The molecule has 0 bridgehead atoms. The van der Waals surface area contributed by atoms with E-state index in [9.17, 15) is 14.9 Å². The van der Waals surface area contributed by atoms with E-state index in [4.69, 9.17) is 4.74 Å². The molecule has 0 radical (unpaired) electrons. The van der Waals surface area contributed by atoms with Gasteiger partial charge in [0.1, 0.15) is 11.6 Å². The van der Waals surface area contributed by atoms with Gasteiger partial charge in [0.05, 0.1) is 16.3 Å². The molecule has 1 aromatic heterocycles. The molecule has 1 aliphatic carbocycles. The van der Waals surface area contributed by atoms with Gasteiger partial charge in [-0.25, -0.2) is 4.68 Å². The summed E-state index contributed by atoms with van der Waals surface area (Å²) in [4.78, 5) is 22.8. The van der Waals surface area contributed by atoms with E-state index >= 15 is 0 Å². The third-order valence-corrected chi connectivity index (χ3v) is 4.84. The lowest BCUT2D eigenvalue weighted by molar-refractivity contribution is -0.384. The normalized spacial score (nSPS) is 12.4. The minimum absolute atomic E-state index is 0.00837. The number of hydrogen-bond donors (Lipinski definition) is 1. The third-order valence-electron chi connectivity index (χ3n) is 4.84. The largest absolute Gasteiger partial charge is 0.484 e. The van der Waals surface area contributed by atoms with Gasteiger partial charge >= 0.3 is 0 Å². The van der Waals surface area contributed by atoms with Crippen molar-refractivity contribution >= 4 is 17.4 Å². The van der Waals surface area contributed by atoms with Crippen molar-refractivity contribution in [3.05, 3.63) is 75.5 Å². The van der Waals surface area contributed by atoms with Crippen molar-refractivity contribution in [3.63, 3.8) is 0 Å². The first-order valence-electron chi connectivity index (χ1n) is 9.35. The number of anilines is 1. The van der Waals surface area contributed by atoms with Crippen molar-refractivity contribution in [2.45, 2.75) is 26.2 Å². The highest BCUT2D eigenvalue weighted by molar-refractivity contribution is 5.91. The Hall–Kier alpha value is -3.68. The first kappa shape index (κ1) is 18.7. The summed E-state index contributed by atoms with van der Waals surface area (Å²) < 4.78 is 7.18. The van der Waals surface area contributed by atoms with Gasteiger partial charge < -0.3 is 10.1 Å². The molecule has 29 heavy (non-hydrogen) atoms. The molecular formula is C21H20N4O4. The lowest BCUT2D eigenvalue weighted by Crippen LogP contribution is -2.22. The van der Waals surface area contributed by atoms with Gasteiger partial charge in [-0.1, -0.05) is 6.07 Å². The molecule has 3 aromatic rings. The summed E-state index contributed by atoms with van der Waals surface area (Å²) in [5.41, 5.74) is 3.95. The Morgan fingerprint density at radius 2 is 1.93 bits per heavy atom. The van der Waals surface area contributed by atoms with Gasteiger partial charge in [0, 0.05) is 18.2 Å². The third kappa shape index (κ3) is 4.11. The summed E-state index contributed by atoms with van der Waals surface area (Å²) in [6.45, 7) is 1.68. The predicted octanol–water partition coefficient (Wildman–Crippen LogP) is 3.60. The maximum Gasteiger partial charge on any atom is 0.269 e. The van der Waals surface area contributed by atoms with E-state index in [-0.39, 0.29) is 18.2 Å². The van der Waals surface area contributed by atoms with Crippen LogP contribution in [0.5, 0.6) is 5.75 Å². The minimum Gasteiger partial charge on any atom is -0.484 e. The zero-order valence-corrected chi connectivity index (χ0v) is 15.9. The molecule has 0 atom stereocenters. The number of nitrogens with one attached hydrogen (secondary N) is 1. The van der Waals surface area contributed by atoms with Crippen LogP contribution in [-0.2, 0) is 17.6 Å². The molecule has 2 aromatic carbocycles. The molecule has 8 nitrogen and oxygen atoms in total. The van der Waals surface area contributed by atoms with Gasteiger partial charge in [0.25, 0.3) is 11.6 Å².